The lowest BCUT2D eigenvalue weighted by atomic mass is 10.3. The van der Waals surface area contributed by atoms with E-state index in [9.17, 15) is 8.42 Å². The summed E-state index contributed by atoms with van der Waals surface area (Å²) in [6.07, 6.45) is 2.07. The number of nitrogens with one attached hydrogen (secondary N) is 1. The highest BCUT2D eigenvalue weighted by atomic mass is 35.5. The van der Waals surface area contributed by atoms with Crippen molar-refractivity contribution in [2.45, 2.75) is 38.1 Å². The lowest BCUT2D eigenvalue weighted by Crippen LogP contribution is -2.27. The van der Waals surface area contributed by atoms with Crippen molar-refractivity contribution in [3.63, 3.8) is 0 Å². The Kier molecular flexibility index (Phi) is 4.88. The summed E-state index contributed by atoms with van der Waals surface area (Å²) < 4.78 is 30.4. The quantitative estimate of drug-likeness (QED) is 0.844. The lowest BCUT2D eigenvalue weighted by molar-refractivity contribution is 0.557. The Balaban J connectivity index is 2.09. The molecule has 1 N–H and O–H groups in total. The van der Waals surface area contributed by atoms with Crippen molar-refractivity contribution in [3.8, 4) is 0 Å². The van der Waals surface area contributed by atoms with Gasteiger partial charge in [0.15, 0.2) is 0 Å². The first-order valence-corrected chi connectivity index (χ1v) is 8.67. The fourth-order valence-electron chi connectivity index (χ4n) is 2.16. The minimum atomic E-state index is -3.71. The number of rotatable bonds is 6. The van der Waals surface area contributed by atoms with Gasteiger partial charge in [0.05, 0.1) is 5.69 Å². The molecule has 2 aromatic heterocycles. The first-order valence-electron chi connectivity index (χ1n) is 6.81. The molecule has 0 saturated heterocycles. The van der Waals surface area contributed by atoms with Gasteiger partial charge in [-0.25, -0.2) is 13.1 Å². The highest BCUT2D eigenvalue weighted by Gasteiger charge is 2.24. The van der Waals surface area contributed by atoms with Gasteiger partial charge < -0.3 is 4.57 Å². The zero-order valence-electron chi connectivity index (χ0n) is 12.9. The lowest BCUT2D eigenvalue weighted by Gasteiger charge is -2.10. The first-order chi connectivity index (χ1) is 10.2. The summed E-state index contributed by atoms with van der Waals surface area (Å²) in [5.74, 6) is 0.728. The predicted molar refractivity (Wildman–Crippen MR) is 82.3 cm³/mol. The maximum absolute atomic E-state index is 12.3. The van der Waals surface area contributed by atoms with Gasteiger partial charge in [-0.15, -0.1) is 10.2 Å². The number of aromatic nitrogens is 5. The molecule has 8 nitrogen and oxygen atoms in total. The molecular weight excluding hydrogens is 328 g/mol. The summed E-state index contributed by atoms with van der Waals surface area (Å²) in [5.41, 5.74) is 0.366. The molecule has 0 unspecified atom stereocenters. The molecule has 0 aliphatic rings. The van der Waals surface area contributed by atoms with E-state index in [1.54, 1.807) is 20.3 Å². The topological polar surface area (TPSA) is 94.7 Å². The second-order valence-electron chi connectivity index (χ2n) is 5.22. The fraction of sp³-hybridized carbons (Fsp3) is 0.583. The summed E-state index contributed by atoms with van der Waals surface area (Å²) in [4.78, 5) is 0.0157. The first kappa shape index (κ1) is 16.9. The summed E-state index contributed by atoms with van der Waals surface area (Å²) in [6.45, 7) is 5.83. The molecule has 0 aromatic carbocycles. The van der Waals surface area contributed by atoms with Crippen molar-refractivity contribution < 1.29 is 8.42 Å². The molecule has 0 fully saturated rings. The van der Waals surface area contributed by atoms with Crippen LogP contribution in [0.2, 0.25) is 5.15 Å². The SMILES string of the molecule is Cc1nn(C)c(Cl)c1S(=O)(=O)NCCc1nncn1C(C)C. The number of hydrogen-bond donors (Lipinski definition) is 1. The molecule has 0 atom stereocenters. The van der Waals surface area contributed by atoms with Gasteiger partial charge in [0.2, 0.25) is 10.0 Å². The second-order valence-corrected chi connectivity index (χ2v) is 7.29. The Morgan fingerprint density at radius 3 is 2.64 bits per heavy atom. The Bertz CT molecular complexity index is 765. The number of sulfonamides is 1. The molecule has 0 radical (unpaired) electrons. The minimum Gasteiger partial charge on any atom is -0.315 e. The van der Waals surface area contributed by atoms with Gasteiger partial charge in [-0.05, 0) is 20.8 Å². The van der Waals surface area contributed by atoms with Crippen molar-refractivity contribution >= 4 is 21.6 Å². The van der Waals surface area contributed by atoms with Crippen LogP contribution in [0.15, 0.2) is 11.2 Å². The van der Waals surface area contributed by atoms with Gasteiger partial charge in [0.1, 0.15) is 22.2 Å². The van der Waals surface area contributed by atoms with Crippen molar-refractivity contribution in [2.75, 3.05) is 6.54 Å². The standard InChI is InChI=1S/C12H19ClN6O2S/c1-8(2)19-7-14-16-10(19)5-6-15-22(20,21)11-9(3)17-18(4)12(11)13/h7-8,15H,5-6H2,1-4H3. The van der Waals surface area contributed by atoms with Crippen molar-refractivity contribution in [1.82, 2.24) is 29.3 Å². The molecule has 0 aliphatic carbocycles. The van der Waals surface area contributed by atoms with E-state index in [0.717, 1.165) is 5.82 Å². The van der Waals surface area contributed by atoms with E-state index >= 15 is 0 Å². The third-order valence-electron chi connectivity index (χ3n) is 3.21. The van der Waals surface area contributed by atoms with Gasteiger partial charge in [0.25, 0.3) is 0 Å². The third-order valence-corrected chi connectivity index (χ3v) is 5.37. The van der Waals surface area contributed by atoms with E-state index in [4.69, 9.17) is 11.6 Å². The van der Waals surface area contributed by atoms with Gasteiger partial charge in [-0.3, -0.25) is 4.68 Å². The van der Waals surface area contributed by atoms with Gasteiger partial charge in [-0.2, -0.15) is 5.10 Å². The number of halogens is 1. The highest BCUT2D eigenvalue weighted by Crippen LogP contribution is 2.23. The smallest absolute Gasteiger partial charge is 0.245 e. The van der Waals surface area contributed by atoms with Crippen molar-refractivity contribution in [3.05, 3.63) is 23.0 Å². The van der Waals surface area contributed by atoms with Crippen LogP contribution < -0.4 is 4.72 Å². The van der Waals surface area contributed by atoms with Crippen molar-refractivity contribution in [2.24, 2.45) is 7.05 Å². The molecule has 122 valence electrons. The van der Waals surface area contributed by atoms with Crippen LogP contribution in [-0.2, 0) is 23.5 Å². The van der Waals surface area contributed by atoms with E-state index in [0.29, 0.717) is 12.1 Å². The molecule has 2 rings (SSSR count). The van der Waals surface area contributed by atoms with Crippen LogP contribution in [0.25, 0.3) is 0 Å². The molecule has 0 bridgehead atoms. The molecule has 0 spiro atoms. The number of aryl methyl sites for hydroxylation is 2. The number of nitrogens with zero attached hydrogens (tertiary/aromatic N) is 5. The maximum Gasteiger partial charge on any atom is 0.245 e. The Labute approximate surface area is 134 Å². The van der Waals surface area contributed by atoms with Crippen LogP contribution in [-0.4, -0.2) is 39.5 Å². The molecule has 10 heteroatoms. The van der Waals surface area contributed by atoms with Crippen LogP contribution >= 0.6 is 11.6 Å². The average molecular weight is 347 g/mol. The normalized spacial score (nSPS) is 12.3. The molecular formula is C12H19ClN6O2S. The molecule has 22 heavy (non-hydrogen) atoms. The Morgan fingerprint density at radius 1 is 1.41 bits per heavy atom. The van der Waals surface area contributed by atoms with Crippen LogP contribution in [0.1, 0.15) is 31.4 Å². The molecule has 2 heterocycles. The van der Waals surface area contributed by atoms with Gasteiger partial charge in [-0.1, -0.05) is 11.6 Å². The largest absolute Gasteiger partial charge is 0.315 e. The van der Waals surface area contributed by atoms with E-state index < -0.39 is 10.0 Å². The van der Waals surface area contributed by atoms with Gasteiger partial charge >= 0.3 is 0 Å². The summed E-state index contributed by atoms with van der Waals surface area (Å²) in [7, 11) is -2.11. The third kappa shape index (κ3) is 3.31. The zero-order chi connectivity index (χ0) is 16.5. The van der Waals surface area contributed by atoms with Crippen LogP contribution in [0.5, 0.6) is 0 Å². The van der Waals surface area contributed by atoms with Gasteiger partial charge in [0, 0.05) is 26.1 Å². The average Bonchev–Trinajstić information content (AvgIpc) is 2.95. The second kappa shape index (κ2) is 6.35. The van der Waals surface area contributed by atoms with E-state index in [1.807, 2.05) is 18.4 Å². The van der Waals surface area contributed by atoms with E-state index in [2.05, 4.69) is 20.0 Å². The molecule has 0 aliphatic heterocycles. The summed E-state index contributed by atoms with van der Waals surface area (Å²) in [6, 6.07) is 0.219. The van der Waals surface area contributed by atoms with Crippen LogP contribution in [0.4, 0.5) is 0 Å². The highest BCUT2D eigenvalue weighted by molar-refractivity contribution is 7.89. The maximum atomic E-state index is 12.3. The summed E-state index contributed by atoms with van der Waals surface area (Å²) >= 11 is 6.00. The van der Waals surface area contributed by atoms with Crippen LogP contribution in [0.3, 0.4) is 0 Å². The van der Waals surface area contributed by atoms with E-state index in [1.165, 1.54) is 4.68 Å². The monoisotopic (exact) mass is 346 g/mol. The molecule has 0 amide bonds. The Morgan fingerprint density at radius 2 is 2.09 bits per heavy atom. The number of hydrogen-bond acceptors (Lipinski definition) is 5. The molecule has 0 saturated carbocycles. The van der Waals surface area contributed by atoms with Crippen molar-refractivity contribution in [1.29, 1.82) is 0 Å². The molecule has 2 aromatic rings. The predicted octanol–water partition coefficient (Wildman–Crippen LogP) is 1.08. The minimum absolute atomic E-state index is 0.0157. The zero-order valence-corrected chi connectivity index (χ0v) is 14.5. The fourth-order valence-corrected chi connectivity index (χ4v) is 3.94. The summed E-state index contributed by atoms with van der Waals surface area (Å²) in [5, 5.41) is 12.0. The Hall–Kier alpha value is -1.45. The van der Waals surface area contributed by atoms with Crippen LogP contribution in [0, 0.1) is 6.92 Å². The van der Waals surface area contributed by atoms with E-state index in [-0.39, 0.29) is 22.6 Å².